The van der Waals surface area contributed by atoms with Crippen LogP contribution in [0.4, 0.5) is 5.95 Å². The first-order valence-electron chi connectivity index (χ1n) is 5.81. The maximum Gasteiger partial charge on any atom is 0.201 e. The van der Waals surface area contributed by atoms with E-state index in [-0.39, 0.29) is 0 Å². The van der Waals surface area contributed by atoms with Crippen molar-refractivity contribution < 1.29 is 0 Å². The van der Waals surface area contributed by atoms with Crippen molar-refractivity contribution in [2.75, 3.05) is 5.73 Å². The van der Waals surface area contributed by atoms with Crippen LogP contribution in [0.25, 0.3) is 11.0 Å². The molecule has 84 valence electrons. The lowest BCUT2D eigenvalue weighted by Gasteiger charge is -2.12. The zero-order valence-corrected chi connectivity index (χ0v) is 9.43. The number of hydrogen-bond acceptors (Lipinski definition) is 3. The molecule has 2 heterocycles. The fourth-order valence-corrected chi connectivity index (χ4v) is 2.29. The summed E-state index contributed by atoms with van der Waals surface area (Å²) in [6.45, 7) is 3.27. The number of anilines is 1. The standard InChI is InChI=1S/C12H16N4/c1-8(9-2-3-9)7-16-11-4-5-14-6-10(11)15-12(16)13/h4-6,8-9H,2-3,7H2,1H3,(H2,13,15). The van der Waals surface area contributed by atoms with Crippen LogP contribution < -0.4 is 5.73 Å². The molecule has 1 fully saturated rings. The number of nitrogens with zero attached hydrogens (tertiary/aromatic N) is 3. The van der Waals surface area contributed by atoms with Gasteiger partial charge in [0.2, 0.25) is 5.95 Å². The zero-order valence-electron chi connectivity index (χ0n) is 9.43. The van der Waals surface area contributed by atoms with Crippen molar-refractivity contribution in [3.8, 4) is 0 Å². The zero-order chi connectivity index (χ0) is 11.1. The minimum absolute atomic E-state index is 0.607. The fraction of sp³-hybridized carbons (Fsp3) is 0.500. The van der Waals surface area contributed by atoms with Gasteiger partial charge in [-0.2, -0.15) is 0 Å². The molecule has 16 heavy (non-hydrogen) atoms. The number of imidazole rings is 1. The molecular formula is C12H16N4. The highest BCUT2D eigenvalue weighted by Gasteiger charge is 2.28. The Bertz CT molecular complexity index is 513. The summed E-state index contributed by atoms with van der Waals surface area (Å²) in [6.07, 6.45) is 6.30. The van der Waals surface area contributed by atoms with E-state index < -0.39 is 0 Å². The largest absolute Gasteiger partial charge is 0.369 e. The lowest BCUT2D eigenvalue weighted by molar-refractivity contribution is 0.439. The SMILES string of the molecule is CC(Cn1c(N)nc2cnccc21)C1CC1. The van der Waals surface area contributed by atoms with Gasteiger partial charge in [0.15, 0.2) is 0 Å². The first-order valence-corrected chi connectivity index (χ1v) is 5.81. The van der Waals surface area contributed by atoms with Crippen LogP contribution in [-0.4, -0.2) is 14.5 Å². The first-order chi connectivity index (χ1) is 7.75. The summed E-state index contributed by atoms with van der Waals surface area (Å²) in [5, 5.41) is 0. The van der Waals surface area contributed by atoms with Crippen LogP contribution >= 0.6 is 0 Å². The molecule has 4 heteroatoms. The first kappa shape index (κ1) is 9.63. The Morgan fingerprint density at radius 2 is 2.38 bits per heavy atom. The van der Waals surface area contributed by atoms with Gasteiger partial charge in [-0.3, -0.25) is 4.98 Å². The molecule has 4 nitrogen and oxygen atoms in total. The van der Waals surface area contributed by atoms with Gasteiger partial charge in [-0.05, 0) is 30.7 Å². The molecule has 2 N–H and O–H groups in total. The maximum atomic E-state index is 5.95. The summed E-state index contributed by atoms with van der Waals surface area (Å²) in [4.78, 5) is 8.39. The normalized spacial score (nSPS) is 17.8. The second kappa shape index (κ2) is 3.47. The van der Waals surface area contributed by atoms with Gasteiger partial charge in [-0.25, -0.2) is 4.98 Å². The molecular weight excluding hydrogens is 200 g/mol. The Morgan fingerprint density at radius 3 is 3.12 bits per heavy atom. The van der Waals surface area contributed by atoms with E-state index >= 15 is 0 Å². The highest BCUT2D eigenvalue weighted by Crippen LogP contribution is 2.38. The van der Waals surface area contributed by atoms with Crippen molar-refractivity contribution >= 4 is 17.0 Å². The number of rotatable bonds is 3. The molecule has 1 aliphatic carbocycles. The van der Waals surface area contributed by atoms with Gasteiger partial charge in [0, 0.05) is 12.7 Å². The van der Waals surface area contributed by atoms with E-state index in [4.69, 9.17) is 5.73 Å². The molecule has 2 aromatic heterocycles. The lowest BCUT2D eigenvalue weighted by Crippen LogP contribution is -2.11. The van der Waals surface area contributed by atoms with Gasteiger partial charge in [0.1, 0.15) is 5.52 Å². The summed E-state index contributed by atoms with van der Waals surface area (Å²) in [5.41, 5.74) is 7.94. The monoisotopic (exact) mass is 216 g/mol. The minimum atomic E-state index is 0.607. The van der Waals surface area contributed by atoms with E-state index in [1.165, 1.54) is 12.8 Å². The molecule has 0 aromatic carbocycles. The fourth-order valence-electron chi connectivity index (χ4n) is 2.29. The van der Waals surface area contributed by atoms with Gasteiger partial charge < -0.3 is 10.3 Å². The quantitative estimate of drug-likeness (QED) is 0.854. The summed E-state index contributed by atoms with van der Waals surface area (Å²) in [6, 6.07) is 1.98. The van der Waals surface area contributed by atoms with Gasteiger partial charge >= 0.3 is 0 Å². The highest BCUT2D eigenvalue weighted by molar-refractivity contribution is 5.76. The molecule has 0 saturated heterocycles. The van der Waals surface area contributed by atoms with Crippen LogP contribution in [0.15, 0.2) is 18.5 Å². The van der Waals surface area contributed by atoms with Crippen molar-refractivity contribution in [1.82, 2.24) is 14.5 Å². The molecule has 2 aromatic rings. The van der Waals surface area contributed by atoms with Crippen LogP contribution in [0, 0.1) is 11.8 Å². The highest BCUT2D eigenvalue weighted by atomic mass is 15.2. The molecule has 3 rings (SSSR count). The Labute approximate surface area is 94.5 Å². The average Bonchev–Trinajstić information content (AvgIpc) is 3.06. The predicted molar refractivity (Wildman–Crippen MR) is 63.8 cm³/mol. The molecule has 1 unspecified atom stereocenters. The molecule has 1 atom stereocenters. The van der Waals surface area contributed by atoms with Crippen molar-refractivity contribution in [2.45, 2.75) is 26.3 Å². The minimum Gasteiger partial charge on any atom is -0.369 e. The van der Waals surface area contributed by atoms with Crippen LogP contribution in [0.5, 0.6) is 0 Å². The van der Waals surface area contributed by atoms with Gasteiger partial charge in [-0.15, -0.1) is 0 Å². The summed E-state index contributed by atoms with van der Waals surface area (Å²) >= 11 is 0. The number of hydrogen-bond donors (Lipinski definition) is 1. The summed E-state index contributed by atoms with van der Waals surface area (Å²) < 4.78 is 2.11. The maximum absolute atomic E-state index is 5.95. The average molecular weight is 216 g/mol. The van der Waals surface area contributed by atoms with E-state index in [1.807, 2.05) is 6.07 Å². The smallest absolute Gasteiger partial charge is 0.201 e. The van der Waals surface area contributed by atoms with E-state index in [0.29, 0.717) is 11.9 Å². The third-order valence-corrected chi connectivity index (χ3v) is 3.48. The number of nitrogen functional groups attached to an aromatic ring is 1. The molecule has 1 aliphatic rings. The Hall–Kier alpha value is -1.58. The molecule has 0 spiro atoms. The summed E-state index contributed by atoms with van der Waals surface area (Å²) in [5.74, 6) is 2.18. The Balaban J connectivity index is 1.97. The predicted octanol–water partition coefficient (Wildman–Crippen LogP) is 2.06. The Kier molecular flexibility index (Phi) is 2.09. The number of fused-ring (bicyclic) bond motifs is 1. The van der Waals surface area contributed by atoms with E-state index in [9.17, 15) is 0 Å². The van der Waals surface area contributed by atoms with Crippen LogP contribution in [0.3, 0.4) is 0 Å². The third-order valence-electron chi connectivity index (χ3n) is 3.48. The molecule has 0 aliphatic heterocycles. The van der Waals surface area contributed by atoms with E-state index in [0.717, 1.165) is 23.5 Å². The van der Waals surface area contributed by atoms with Crippen molar-refractivity contribution in [1.29, 1.82) is 0 Å². The number of pyridine rings is 1. The van der Waals surface area contributed by atoms with E-state index in [1.54, 1.807) is 12.4 Å². The lowest BCUT2D eigenvalue weighted by atomic mass is 10.1. The van der Waals surface area contributed by atoms with Gasteiger partial charge in [0.05, 0.1) is 11.7 Å². The second-order valence-electron chi connectivity index (χ2n) is 4.76. The van der Waals surface area contributed by atoms with Crippen molar-refractivity contribution in [3.63, 3.8) is 0 Å². The second-order valence-corrected chi connectivity index (χ2v) is 4.76. The van der Waals surface area contributed by atoms with Gasteiger partial charge in [-0.1, -0.05) is 6.92 Å². The summed E-state index contributed by atoms with van der Waals surface area (Å²) in [7, 11) is 0. The van der Waals surface area contributed by atoms with Crippen molar-refractivity contribution in [3.05, 3.63) is 18.5 Å². The molecule has 0 radical (unpaired) electrons. The van der Waals surface area contributed by atoms with Crippen molar-refractivity contribution in [2.24, 2.45) is 11.8 Å². The van der Waals surface area contributed by atoms with Crippen LogP contribution in [0.1, 0.15) is 19.8 Å². The van der Waals surface area contributed by atoms with Crippen LogP contribution in [-0.2, 0) is 6.54 Å². The van der Waals surface area contributed by atoms with E-state index in [2.05, 4.69) is 21.5 Å². The topological polar surface area (TPSA) is 56.7 Å². The van der Waals surface area contributed by atoms with Crippen LogP contribution in [0.2, 0.25) is 0 Å². The third kappa shape index (κ3) is 1.54. The Morgan fingerprint density at radius 1 is 1.56 bits per heavy atom. The molecule has 0 amide bonds. The molecule has 0 bridgehead atoms. The molecule has 1 saturated carbocycles. The van der Waals surface area contributed by atoms with Gasteiger partial charge in [0.25, 0.3) is 0 Å². The number of aromatic nitrogens is 3. The number of nitrogens with two attached hydrogens (primary N) is 1.